The van der Waals surface area contributed by atoms with Crippen LogP contribution in [0.25, 0.3) is 5.69 Å². The average molecular weight is 337 g/mol. The van der Waals surface area contributed by atoms with Gasteiger partial charge in [0, 0.05) is 10.6 Å². The van der Waals surface area contributed by atoms with Crippen LogP contribution in [0.2, 0.25) is 0 Å². The minimum Gasteiger partial charge on any atom is -0.295 e. The summed E-state index contributed by atoms with van der Waals surface area (Å²) in [4.78, 5) is 23.8. The molecule has 0 unspecified atom stereocenters. The first-order chi connectivity index (χ1) is 12.0. The largest absolute Gasteiger partial charge is 0.295 e. The summed E-state index contributed by atoms with van der Waals surface area (Å²) in [5.74, 6) is -0.593. The number of hydrogen-bond acceptors (Lipinski definition) is 3. The molecule has 1 N–H and O–H groups in total. The first-order valence-corrected chi connectivity index (χ1v) is 8.02. The molecule has 2 aromatic carbocycles. The lowest BCUT2D eigenvalue weighted by atomic mass is 9.91. The van der Waals surface area contributed by atoms with E-state index < -0.39 is 5.92 Å². The molecule has 6 nitrogen and oxygen atoms in total. The second-order valence-corrected chi connectivity index (χ2v) is 6.11. The summed E-state index contributed by atoms with van der Waals surface area (Å²) in [6, 6.07) is 16.7. The van der Waals surface area contributed by atoms with Crippen LogP contribution < -0.4 is 5.56 Å². The first kappa shape index (κ1) is 16.7. The Kier molecular flexibility index (Phi) is 4.52. The van der Waals surface area contributed by atoms with E-state index in [0.29, 0.717) is 16.9 Å². The number of aromatic nitrogens is 2. The van der Waals surface area contributed by atoms with Crippen LogP contribution in [0.5, 0.6) is 0 Å². The molecule has 0 fully saturated rings. The lowest BCUT2D eigenvalue weighted by molar-refractivity contribution is -0.481. The Morgan fingerprint density at radius 1 is 1.08 bits per heavy atom. The molecule has 128 valence electrons. The van der Waals surface area contributed by atoms with Crippen molar-refractivity contribution in [3.8, 4) is 5.69 Å². The average Bonchev–Trinajstić information content (AvgIpc) is 2.89. The molecular formula is C19H19N3O3. The van der Waals surface area contributed by atoms with Gasteiger partial charge in [0.2, 0.25) is 6.54 Å². The van der Waals surface area contributed by atoms with Gasteiger partial charge in [-0.1, -0.05) is 48.0 Å². The number of hydrogen-bond donors (Lipinski definition) is 1. The lowest BCUT2D eigenvalue weighted by Gasteiger charge is -2.12. The van der Waals surface area contributed by atoms with E-state index in [1.807, 2.05) is 61.5 Å². The van der Waals surface area contributed by atoms with E-state index in [1.165, 1.54) is 4.68 Å². The Morgan fingerprint density at radius 3 is 2.32 bits per heavy atom. The van der Waals surface area contributed by atoms with Gasteiger partial charge in [-0.15, -0.1) is 0 Å². The fraction of sp³-hybridized carbons (Fsp3) is 0.211. The number of H-pyrrole nitrogens is 1. The lowest BCUT2D eigenvalue weighted by Crippen LogP contribution is -2.23. The highest BCUT2D eigenvalue weighted by molar-refractivity contribution is 5.38. The molecule has 3 rings (SSSR count). The number of aromatic amines is 1. The maximum absolute atomic E-state index is 13.0. The zero-order valence-corrected chi connectivity index (χ0v) is 14.1. The number of benzene rings is 2. The molecule has 1 heterocycles. The van der Waals surface area contributed by atoms with Crippen LogP contribution in [-0.4, -0.2) is 21.2 Å². The summed E-state index contributed by atoms with van der Waals surface area (Å²) in [6.07, 6.45) is 0. The van der Waals surface area contributed by atoms with Gasteiger partial charge < -0.3 is 0 Å². The molecular weight excluding hydrogens is 318 g/mol. The molecule has 1 aromatic heterocycles. The van der Waals surface area contributed by atoms with Gasteiger partial charge in [0.25, 0.3) is 5.56 Å². The van der Waals surface area contributed by atoms with Gasteiger partial charge in [-0.3, -0.25) is 20.0 Å². The standard InChI is InChI=1S/C19H19N3O3/c1-13-8-10-15(11-9-13)17(12-21(24)25)18-14(2)20-22(19(18)23)16-6-4-3-5-7-16/h3-11,17,20H,12H2,1-2H3/t17-/m0/s1. The van der Waals surface area contributed by atoms with Crippen LogP contribution in [0.15, 0.2) is 59.4 Å². The molecule has 6 heteroatoms. The van der Waals surface area contributed by atoms with Gasteiger partial charge in [-0.25, -0.2) is 4.68 Å². The molecule has 0 spiro atoms. The Morgan fingerprint density at radius 2 is 1.72 bits per heavy atom. The zero-order valence-electron chi connectivity index (χ0n) is 14.1. The highest BCUT2D eigenvalue weighted by Gasteiger charge is 2.27. The Labute approximate surface area is 144 Å². The highest BCUT2D eigenvalue weighted by Crippen LogP contribution is 2.25. The van der Waals surface area contributed by atoms with Crippen LogP contribution in [0.1, 0.15) is 28.3 Å². The van der Waals surface area contributed by atoms with Crippen molar-refractivity contribution in [2.45, 2.75) is 19.8 Å². The van der Waals surface area contributed by atoms with Crippen LogP contribution in [0, 0.1) is 24.0 Å². The third-order valence-electron chi connectivity index (χ3n) is 4.29. The van der Waals surface area contributed by atoms with Crippen molar-refractivity contribution < 1.29 is 4.92 Å². The maximum Gasteiger partial charge on any atom is 0.275 e. The van der Waals surface area contributed by atoms with Crippen molar-refractivity contribution in [3.05, 3.63) is 97.4 Å². The van der Waals surface area contributed by atoms with E-state index in [4.69, 9.17) is 0 Å². The highest BCUT2D eigenvalue weighted by atomic mass is 16.6. The van der Waals surface area contributed by atoms with Crippen molar-refractivity contribution in [1.82, 2.24) is 9.78 Å². The summed E-state index contributed by atoms with van der Waals surface area (Å²) in [7, 11) is 0. The predicted molar refractivity (Wildman–Crippen MR) is 96.0 cm³/mol. The van der Waals surface area contributed by atoms with Crippen LogP contribution in [0.4, 0.5) is 0 Å². The van der Waals surface area contributed by atoms with E-state index in [0.717, 1.165) is 11.1 Å². The van der Waals surface area contributed by atoms with E-state index in [2.05, 4.69) is 5.10 Å². The van der Waals surface area contributed by atoms with Crippen molar-refractivity contribution in [1.29, 1.82) is 0 Å². The van der Waals surface area contributed by atoms with Crippen LogP contribution in [-0.2, 0) is 0 Å². The molecule has 0 aliphatic heterocycles. The number of nitrogens with zero attached hydrogens (tertiary/aromatic N) is 2. The summed E-state index contributed by atoms with van der Waals surface area (Å²) in [5, 5.41) is 14.3. The van der Waals surface area contributed by atoms with Gasteiger partial charge >= 0.3 is 0 Å². The minimum absolute atomic E-state index is 0.254. The maximum atomic E-state index is 13.0. The second kappa shape index (κ2) is 6.76. The zero-order chi connectivity index (χ0) is 18.0. The normalized spacial score (nSPS) is 12.1. The van der Waals surface area contributed by atoms with E-state index in [9.17, 15) is 14.9 Å². The Bertz CT molecular complexity index is 940. The van der Waals surface area contributed by atoms with Crippen molar-refractivity contribution in [2.75, 3.05) is 6.54 Å². The van der Waals surface area contributed by atoms with Crippen molar-refractivity contribution in [2.24, 2.45) is 0 Å². The molecule has 0 aliphatic rings. The molecule has 3 aromatic rings. The van der Waals surface area contributed by atoms with E-state index >= 15 is 0 Å². The van der Waals surface area contributed by atoms with Gasteiger partial charge in [-0.2, -0.15) is 0 Å². The SMILES string of the molecule is Cc1ccc([C@H](C[N+](=O)[O-])c2c(C)[nH]n(-c3ccccc3)c2=O)cc1. The number of para-hydroxylation sites is 1. The third-order valence-corrected chi connectivity index (χ3v) is 4.29. The number of nitro groups is 1. The first-order valence-electron chi connectivity index (χ1n) is 8.02. The number of rotatable bonds is 5. The smallest absolute Gasteiger partial charge is 0.275 e. The third kappa shape index (κ3) is 3.38. The van der Waals surface area contributed by atoms with E-state index in [1.54, 1.807) is 6.92 Å². The molecule has 0 amide bonds. The molecule has 0 bridgehead atoms. The molecule has 0 saturated heterocycles. The van der Waals surface area contributed by atoms with Crippen LogP contribution in [0.3, 0.4) is 0 Å². The predicted octanol–water partition coefficient (Wildman–Crippen LogP) is 3.19. The van der Waals surface area contributed by atoms with Gasteiger partial charge in [0.15, 0.2) is 0 Å². The molecule has 25 heavy (non-hydrogen) atoms. The monoisotopic (exact) mass is 337 g/mol. The van der Waals surface area contributed by atoms with Gasteiger partial charge in [0.1, 0.15) is 0 Å². The minimum atomic E-state index is -0.593. The molecule has 1 atom stereocenters. The van der Waals surface area contributed by atoms with Crippen LogP contribution >= 0.6 is 0 Å². The Balaban J connectivity index is 2.13. The van der Waals surface area contributed by atoms with Crippen molar-refractivity contribution in [3.63, 3.8) is 0 Å². The number of nitrogens with one attached hydrogen (secondary N) is 1. The fourth-order valence-corrected chi connectivity index (χ4v) is 3.04. The van der Waals surface area contributed by atoms with Gasteiger partial charge in [0.05, 0.1) is 17.2 Å². The summed E-state index contributed by atoms with van der Waals surface area (Å²) >= 11 is 0. The van der Waals surface area contributed by atoms with E-state index in [-0.39, 0.29) is 17.0 Å². The summed E-state index contributed by atoms with van der Waals surface area (Å²) in [6.45, 7) is 3.40. The summed E-state index contributed by atoms with van der Waals surface area (Å²) < 4.78 is 1.44. The summed E-state index contributed by atoms with van der Waals surface area (Å²) in [5.41, 5.74) is 3.35. The van der Waals surface area contributed by atoms with Gasteiger partial charge in [-0.05, 0) is 31.5 Å². The second-order valence-electron chi connectivity index (χ2n) is 6.11. The molecule has 0 radical (unpaired) electrons. The quantitative estimate of drug-likeness (QED) is 0.573. The molecule has 0 aliphatic carbocycles. The number of aryl methyl sites for hydroxylation is 2. The van der Waals surface area contributed by atoms with Crippen molar-refractivity contribution >= 4 is 0 Å². The Hall–Kier alpha value is -3.15. The fourth-order valence-electron chi connectivity index (χ4n) is 3.04. The topological polar surface area (TPSA) is 80.9 Å². The molecule has 0 saturated carbocycles.